The number of hydrogen-bond donors (Lipinski definition) is 3. The van der Waals surface area contributed by atoms with Crippen LogP contribution in [-0.2, 0) is 4.79 Å². The molecule has 5 heteroatoms. The van der Waals surface area contributed by atoms with Crippen LogP contribution in [0.2, 0.25) is 0 Å². The van der Waals surface area contributed by atoms with Gasteiger partial charge in [0.05, 0.1) is 0 Å². The number of nitrogens with zero attached hydrogens (tertiary/aromatic N) is 1. The molecule has 0 aliphatic heterocycles. The molecule has 0 spiro atoms. The zero-order valence-electron chi connectivity index (χ0n) is 11.9. The quantitative estimate of drug-likeness (QED) is 0.307. The second-order valence-corrected chi connectivity index (χ2v) is 6.47. The molecule has 1 amide bonds. The minimum absolute atomic E-state index is 0.0576. The Balaban J connectivity index is 1.98. The van der Waals surface area contributed by atoms with Gasteiger partial charge < -0.3 is 16.3 Å². The SMILES string of the molecule is CCC1(CNC(=O)C2(C(N)=NO)CC(C)C2)CCC1. The van der Waals surface area contributed by atoms with Crippen molar-refractivity contribution in [2.75, 3.05) is 6.54 Å². The number of carbonyl (C=O) groups is 1. The highest BCUT2D eigenvalue weighted by Gasteiger charge is 2.52. The number of rotatable bonds is 5. The number of amidine groups is 1. The van der Waals surface area contributed by atoms with Crippen molar-refractivity contribution >= 4 is 11.7 Å². The average molecular weight is 267 g/mol. The lowest BCUT2D eigenvalue weighted by Crippen LogP contribution is -2.58. The second kappa shape index (κ2) is 5.02. The number of oxime groups is 1. The predicted octanol–water partition coefficient (Wildman–Crippen LogP) is 1.85. The van der Waals surface area contributed by atoms with Crippen LogP contribution in [0.4, 0.5) is 0 Å². The Kier molecular flexibility index (Phi) is 3.74. The lowest BCUT2D eigenvalue weighted by Gasteiger charge is -2.46. The molecule has 108 valence electrons. The average Bonchev–Trinajstić information content (AvgIpc) is 2.32. The maximum Gasteiger partial charge on any atom is 0.233 e. The molecule has 0 bridgehead atoms. The van der Waals surface area contributed by atoms with Crippen molar-refractivity contribution in [3.63, 3.8) is 0 Å². The van der Waals surface area contributed by atoms with Gasteiger partial charge in [0.25, 0.3) is 0 Å². The highest BCUT2D eigenvalue weighted by Crippen LogP contribution is 2.47. The van der Waals surface area contributed by atoms with Crippen molar-refractivity contribution in [3.05, 3.63) is 0 Å². The third-order valence-electron chi connectivity index (χ3n) is 5.21. The van der Waals surface area contributed by atoms with Crippen molar-refractivity contribution in [1.29, 1.82) is 0 Å². The molecule has 0 saturated heterocycles. The first-order valence-electron chi connectivity index (χ1n) is 7.24. The summed E-state index contributed by atoms with van der Waals surface area (Å²) in [6.07, 6.45) is 6.08. The van der Waals surface area contributed by atoms with Gasteiger partial charge in [-0.1, -0.05) is 25.4 Å². The molecule has 2 fully saturated rings. The van der Waals surface area contributed by atoms with Gasteiger partial charge in [-0.15, -0.1) is 0 Å². The summed E-state index contributed by atoms with van der Waals surface area (Å²) in [5.41, 5.74) is 5.25. The zero-order chi connectivity index (χ0) is 14.1. The van der Waals surface area contributed by atoms with Crippen LogP contribution in [0.3, 0.4) is 0 Å². The summed E-state index contributed by atoms with van der Waals surface area (Å²) >= 11 is 0. The van der Waals surface area contributed by atoms with Crippen molar-refractivity contribution in [3.8, 4) is 0 Å². The maximum absolute atomic E-state index is 12.4. The lowest BCUT2D eigenvalue weighted by molar-refractivity contribution is -0.134. The van der Waals surface area contributed by atoms with E-state index in [1.807, 2.05) is 0 Å². The van der Waals surface area contributed by atoms with Gasteiger partial charge in [-0.3, -0.25) is 4.79 Å². The Morgan fingerprint density at radius 3 is 2.47 bits per heavy atom. The fourth-order valence-electron chi connectivity index (χ4n) is 3.51. The van der Waals surface area contributed by atoms with Gasteiger partial charge in [0.15, 0.2) is 5.84 Å². The van der Waals surface area contributed by atoms with E-state index in [-0.39, 0.29) is 17.2 Å². The molecule has 2 rings (SSSR count). The molecule has 2 saturated carbocycles. The minimum Gasteiger partial charge on any atom is -0.409 e. The molecule has 4 N–H and O–H groups in total. The van der Waals surface area contributed by atoms with Crippen LogP contribution in [0.5, 0.6) is 0 Å². The molecule has 5 nitrogen and oxygen atoms in total. The van der Waals surface area contributed by atoms with Crippen LogP contribution < -0.4 is 11.1 Å². The molecule has 0 aromatic rings. The summed E-state index contributed by atoms with van der Waals surface area (Å²) in [6, 6.07) is 0. The molecule has 0 aromatic carbocycles. The van der Waals surface area contributed by atoms with E-state index in [2.05, 4.69) is 24.3 Å². The Bertz CT molecular complexity index is 377. The first-order valence-corrected chi connectivity index (χ1v) is 7.24. The lowest BCUT2D eigenvalue weighted by atomic mass is 9.61. The molecule has 0 aromatic heterocycles. The number of hydrogen-bond acceptors (Lipinski definition) is 3. The van der Waals surface area contributed by atoms with Gasteiger partial charge in [-0.2, -0.15) is 0 Å². The van der Waals surface area contributed by atoms with Crippen LogP contribution >= 0.6 is 0 Å². The van der Waals surface area contributed by atoms with Gasteiger partial charge in [-0.25, -0.2) is 0 Å². The monoisotopic (exact) mass is 267 g/mol. The summed E-state index contributed by atoms with van der Waals surface area (Å²) < 4.78 is 0. The van der Waals surface area contributed by atoms with E-state index in [9.17, 15) is 4.79 Å². The van der Waals surface area contributed by atoms with Crippen molar-refractivity contribution in [2.45, 2.75) is 52.4 Å². The summed E-state index contributed by atoms with van der Waals surface area (Å²) in [6.45, 7) is 4.98. The Labute approximate surface area is 114 Å². The van der Waals surface area contributed by atoms with Gasteiger partial charge in [0.1, 0.15) is 5.41 Å². The smallest absolute Gasteiger partial charge is 0.233 e. The number of nitrogens with one attached hydrogen (secondary N) is 1. The molecule has 0 heterocycles. The van der Waals surface area contributed by atoms with E-state index in [4.69, 9.17) is 10.9 Å². The van der Waals surface area contributed by atoms with E-state index < -0.39 is 5.41 Å². The fourth-order valence-corrected chi connectivity index (χ4v) is 3.51. The Morgan fingerprint density at radius 2 is 2.11 bits per heavy atom. The summed E-state index contributed by atoms with van der Waals surface area (Å²) in [5.74, 6) is 0.442. The zero-order valence-corrected chi connectivity index (χ0v) is 11.9. The van der Waals surface area contributed by atoms with E-state index >= 15 is 0 Å². The third kappa shape index (κ3) is 2.30. The van der Waals surface area contributed by atoms with Gasteiger partial charge in [0, 0.05) is 6.54 Å². The topological polar surface area (TPSA) is 87.7 Å². The summed E-state index contributed by atoms with van der Waals surface area (Å²) in [5, 5.41) is 15.0. The molecular formula is C14H25N3O2. The van der Waals surface area contributed by atoms with Crippen molar-refractivity contribution in [1.82, 2.24) is 5.32 Å². The largest absolute Gasteiger partial charge is 0.409 e. The second-order valence-electron chi connectivity index (χ2n) is 6.47. The first-order chi connectivity index (χ1) is 8.98. The standard InChI is InChI=1S/C14H25N3O2/c1-3-13(5-4-6-13)9-16-12(18)14(11(15)17-19)7-10(2)8-14/h10,19H,3-9H2,1-2H3,(H2,15,17)(H,16,18). The van der Waals surface area contributed by atoms with E-state index in [1.165, 1.54) is 19.3 Å². The third-order valence-corrected chi connectivity index (χ3v) is 5.21. The summed E-state index contributed by atoms with van der Waals surface area (Å²) in [4.78, 5) is 12.4. The van der Waals surface area contributed by atoms with Crippen LogP contribution in [0.15, 0.2) is 5.16 Å². The van der Waals surface area contributed by atoms with Gasteiger partial charge >= 0.3 is 0 Å². The maximum atomic E-state index is 12.4. The van der Waals surface area contributed by atoms with E-state index in [0.717, 1.165) is 13.0 Å². The van der Waals surface area contributed by atoms with Crippen molar-refractivity contribution < 1.29 is 10.0 Å². The van der Waals surface area contributed by atoms with Crippen LogP contribution in [0, 0.1) is 16.7 Å². The normalized spacial score (nSPS) is 33.2. The highest BCUT2D eigenvalue weighted by atomic mass is 16.4. The molecule has 19 heavy (non-hydrogen) atoms. The minimum atomic E-state index is -0.771. The summed E-state index contributed by atoms with van der Waals surface area (Å²) in [7, 11) is 0. The Hall–Kier alpha value is -1.26. The molecule has 0 atom stereocenters. The predicted molar refractivity (Wildman–Crippen MR) is 73.8 cm³/mol. The highest BCUT2D eigenvalue weighted by molar-refractivity contribution is 6.07. The number of nitrogens with two attached hydrogens (primary N) is 1. The van der Waals surface area contributed by atoms with Crippen LogP contribution in [-0.4, -0.2) is 23.5 Å². The van der Waals surface area contributed by atoms with E-state index in [0.29, 0.717) is 18.8 Å². The van der Waals surface area contributed by atoms with Crippen LogP contribution in [0.1, 0.15) is 52.4 Å². The molecular weight excluding hydrogens is 242 g/mol. The van der Waals surface area contributed by atoms with Gasteiger partial charge in [0.2, 0.25) is 5.91 Å². The molecule has 0 radical (unpaired) electrons. The first kappa shape index (κ1) is 14.2. The number of carbonyl (C=O) groups excluding carboxylic acids is 1. The number of amides is 1. The molecule has 2 aliphatic rings. The Morgan fingerprint density at radius 1 is 1.47 bits per heavy atom. The fraction of sp³-hybridized carbons (Fsp3) is 0.857. The van der Waals surface area contributed by atoms with E-state index in [1.54, 1.807) is 0 Å². The molecule has 2 aliphatic carbocycles. The van der Waals surface area contributed by atoms with Crippen molar-refractivity contribution in [2.24, 2.45) is 27.6 Å². The van der Waals surface area contributed by atoms with Crippen LogP contribution in [0.25, 0.3) is 0 Å². The van der Waals surface area contributed by atoms with Gasteiger partial charge in [-0.05, 0) is 43.4 Å². The molecule has 0 unspecified atom stereocenters.